The largest absolute Gasteiger partial charge is 0.374 e. The molecule has 1 aliphatic heterocycles. The molecule has 21 heavy (non-hydrogen) atoms. The van der Waals surface area contributed by atoms with Gasteiger partial charge in [-0.3, -0.25) is 9.59 Å². The molecule has 0 saturated heterocycles. The van der Waals surface area contributed by atoms with E-state index in [1.165, 1.54) is 12.1 Å². The SMILES string of the molecule is CN1CCC(NC(=O)c2ccc(=O)[nH]n2)c2ccccc21. The van der Waals surface area contributed by atoms with Crippen LogP contribution in [0.15, 0.2) is 41.2 Å². The van der Waals surface area contributed by atoms with Crippen LogP contribution < -0.4 is 15.8 Å². The minimum atomic E-state index is -0.323. The van der Waals surface area contributed by atoms with Crippen LogP contribution in [-0.4, -0.2) is 29.7 Å². The number of rotatable bonds is 2. The standard InChI is InChI=1S/C15H16N4O2/c1-19-9-8-11(10-4-2-3-5-13(10)19)16-15(21)12-6-7-14(20)18-17-12/h2-7,11H,8-9H2,1H3,(H,16,21)(H,18,20). The maximum Gasteiger partial charge on any atom is 0.272 e. The number of anilines is 1. The fourth-order valence-corrected chi connectivity index (χ4v) is 2.58. The first kappa shape index (κ1) is 13.4. The minimum Gasteiger partial charge on any atom is -0.374 e. The highest BCUT2D eigenvalue weighted by Crippen LogP contribution is 2.32. The summed E-state index contributed by atoms with van der Waals surface area (Å²) in [5, 5.41) is 9.01. The number of hydrogen-bond donors (Lipinski definition) is 2. The van der Waals surface area contributed by atoms with E-state index in [0.29, 0.717) is 0 Å². The van der Waals surface area contributed by atoms with Gasteiger partial charge in [0.25, 0.3) is 11.5 Å². The van der Waals surface area contributed by atoms with Crippen LogP contribution in [0, 0.1) is 0 Å². The summed E-state index contributed by atoms with van der Waals surface area (Å²) in [6.45, 7) is 0.876. The molecular weight excluding hydrogens is 268 g/mol. The van der Waals surface area contributed by atoms with Crippen LogP contribution in [0.2, 0.25) is 0 Å². The molecule has 2 heterocycles. The number of carbonyl (C=O) groups is 1. The summed E-state index contributed by atoms with van der Waals surface area (Å²) in [6, 6.07) is 10.7. The van der Waals surface area contributed by atoms with Gasteiger partial charge in [-0.25, -0.2) is 5.10 Å². The summed E-state index contributed by atoms with van der Waals surface area (Å²) in [6.07, 6.45) is 0.836. The van der Waals surface area contributed by atoms with Crippen molar-refractivity contribution in [2.75, 3.05) is 18.5 Å². The Kier molecular flexibility index (Phi) is 3.43. The van der Waals surface area contributed by atoms with Gasteiger partial charge in [0.1, 0.15) is 5.69 Å². The predicted octanol–water partition coefficient (Wildman–Crippen LogP) is 1.08. The lowest BCUT2D eigenvalue weighted by Crippen LogP contribution is -2.36. The van der Waals surface area contributed by atoms with E-state index in [9.17, 15) is 9.59 Å². The van der Waals surface area contributed by atoms with Crippen molar-refractivity contribution in [3.63, 3.8) is 0 Å². The Morgan fingerprint density at radius 2 is 2.14 bits per heavy atom. The van der Waals surface area contributed by atoms with Gasteiger partial charge in [-0.2, -0.15) is 5.10 Å². The third-order valence-electron chi connectivity index (χ3n) is 3.69. The van der Waals surface area contributed by atoms with E-state index in [-0.39, 0.29) is 23.2 Å². The average Bonchev–Trinajstić information content (AvgIpc) is 2.51. The monoisotopic (exact) mass is 284 g/mol. The number of carbonyl (C=O) groups excluding carboxylic acids is 1. The molecule has 6 heteroatoms. The molecule has 6 nitrogen and oxygen atoms in total. The second-order valence-corrected chi connectivity index (χ2v) is 5.10. The van der Waals surface area contributed by atoms with E-state index in [2.05, 4.69) is 20.4 Å². The maximum absolute atomic E-state index is 12.2. The first-order chi connectivity index (χ1) is 10.1. The molecule has 2 aromatic rings. The summed E-state index contributed by atoms with van der Waals surface area (Å²) < 4.78 is 0. The Labute approximate surface area is 121 Å². The Morgan fingerprint density at radius 1 is 1.33 bits per heavy atom. The first-order valence-corrected chi connectivity index (χ1v) is 6.82. The molecule has 108 valence electrons. The third kappa shape index (κ3) is 2.65. The summed E-state index contributed by atoms with van der Waals surface area (Å²) in [5.74, 6) is -0.282. The van der Waals surface area contributed by atoms with Crippen LogP contribution in [0.4, 0.5) is 5.69 Å². The van der Waals surface area contributed by atoms with Crippen LogP contribution >= 0.6 is 0 Å². The topological polar surface area (TPSA) is 78.1 Å². The molecule has 1 aromatic carbocycles. The molecule has 0 spiro atoms. The lowest BCUT2D eigenvalue weighted by Gasteiger charge is -2.33. The maximum atomic E-state index is 12.2. The van der Waals surface area contributed by atoms with Crippen LogP contribution in [0.5, 0.6) is 0 Å². The van der Waals surface area contributed by atoms with E-state index >= 15 is 0 Å². The van der Waals surface area contributed by atoms with E-state index < -0.39 is 0 Å². The van der Waals surface area contributed by atoms with Gasteiger partial charge < -0.3 is 10.2 Å². The van der Waals surface area contributed by atoms with Gasteiger partial charge in [-0.15, -0.1) is 0 Å². The Balaban J connectivity index is 1.82. The molecule has 0 saturated carbocycles. The third-order valence-corrected chi connectivity index (χ3v) is 3.69. The molecule has 1 atom stereocenters. The predicted molar refractivity (Wildman–Crippen MR) is 79.4 cm³/mol. The van der Waals surface area contributed by atoms with E-state index in [0.717, 1.165) is 24.2 Å². The molecular formula is C15H16N4O2. The fourth-order valence-electron chi connectivity index (χ4n) is 2.58. The molecule has 1 aliphatic rings. The molecule has 0 bridgehead atoms. The van der Waals surface area contributed by atoms with Gasteiger partial charge in [-0.05, 0) is 24.1 Å². The molecule has 2 N–H and O–H groups in total. The molecule has 0 aliphatic carbocycles. The smallest absolute Gasteiger partial charge is 0.272 e. The van der Waals surface area contributed by atoms with Crippen molar-refractivity contribution < 1.29 is 4.79 Å². The Hall–Kier alpha value is -2.63. The first-order valence-electron chi connectivity index (χ1n) is 6.82. The highest BCUT2D eigenvalue weighted by atomic mass is 16.2. The highest BCUT2D eigenvalue weighted by Gasteiger charge is 2.24. The van der Waals surface area contributed by atoms with Crippen LogP contribution in [0.1, 0.15) is 28.5 Å². The number of para-hydroxylation sites is 1. The zero-order valence-corrected chi connectivity index (χ0v) is 11.7. The molecule has 0 radical (unpaired) electrons. The summed E-state index contributed by atoms with van der Waals surface area (Å²) in [5.41, 5.74) is 2.12. The van der Waals surface area contributed by atoms with E-state index in [4.69, 9.17) is 0 Å². The van der Waals surface area contributed by atoms with Crippen molar-refractivity contribution in [3.8, 4) is 0 Å². The summed E-state index contributed by atoms with van der Waals surface area (Å²) in [7, 11) is 2.04. The minimum absolute atomic E-state index is 0.0429. The average molecular weight is 284 g/mol. The highest BCUT2D eigenvalue weighted by molar-refractivity contribution is 5.92. The second-order valence-electron chi connectivity index (χ2n) is 5.10. The number of fused-ring (bicyclic) bond motifs is 1. The van der Waals surface area contributed by atoms with Gasteiger partial charge in [-0.1, -0.05) is 18.2 Å². The van der Waals surface area contributed by atoms with Crippen molar-refractivity contribution in [3.05, 3.63) is 58.0 Å². The van der Waals surface area contributed by atoms with Crippen molar-refractivity contribution >= 4 is 11.6 Å². The van der Waals surface area contributed by atoms with Crippen LogP contribution in [0.25, 0.3) is 0 Å². The quantitative estimate of drug-likeness (QED) is 0.865. The summed E-state index contributed by atoms with van der Waals surface area (Å²) >= 11 is 0. The van der Waals surface area contributed by atoms with Crippen LogP contribution in [-0.2, 0) is 0 Å². The van der Waals surface area contributed by atoms with Crippen LogP contribution in [0.3, 0.4) is 0 Å². The van der Waals surface area contributed by atoms with Gasteiger partial charge in [0.15, 0.2) is 0 Å². The normalized spacial score (nSPS) is 17.2. The zero-order chi connectivity index (χ0) is 14.8. The number of aromatic amines is 1. The molecule has 0 fully saturated rings. The number of nitrogens with one attached hydrogen (secondary N) is 2. The number of H-pyrrole nitrogens is 1. The van der Waals surface area contributed by atoms with Crippen molar-refractivity contribution in [2.24, 2.45) is 0 Å². The van der Waals surface area contributed by atoms with Crippen molar-refractivity contribution in [2.45, 2.75) is 12.5 Å². The summed E-state index contributed by atoms with van der Waals surface area (Å²) in [4.78, 5) is 25.4. The van der Waals surface area contributed by atoms with Gasteiger partial charge in [0.05, 0.1) is 6.04 Å². The Bertz CT molecular complexity index is 705. The lowest BCUT2D eigenvalue weighted by atomic mass is 9.96. The number of aromatic nitrogens is 2. The zero-order valence-electron chi connectivity index (χ0n) is 11.7. The van der Waals surface area contributed by atoms with Gasteiger partial charge in [0.2, 0.25) is 0 Å². The second kappa shape index (κ2) is 5.40. The van der Waals surface area contributed by atoms with Gasteiger partial charge >= 0.3 is 0 Å². The molecule has 1 amide bonds. The van der Waals surface area contributed by atoms with E-state index in [1.54, 1.807) is 0 Å². The van der Waals surface area contributed by atoms with Gasteiger partial charge in [0, 0.05) is 25.3 Å². The number of hydrogen-bond acceptors (Lipinski definition) is 4. The Morgan fingerprint density at radius 3 is 2.90 bits per heavy atom. The number of benzene rings is 1. The fraction of sp³-hybridized carbons (Fsp3) is 0.267. The molecule has 1 aromatic heterocycles. The number of amides is 1. The lowest BCUT2D eigenvalue weighted by molar-refractivity contribution is 0.0928. The number of nitrogens with zero attached hydrogens (tertiary/aromatic N) is 2. The van der Waals surface area contributed by atoms with E-state index in [1.807, 2.05) is 31.3 Å². The van der Waals surface area contributed by atoms with Crippen molar-refractivity contribution in [1.82, 2.24) is 15.5 Å². The molecule has 1 unspecified atom stereocenters. The molecule has 3 rings (SSSR count). The van der Waals surface area contributed by atoms with Crippen molar-refractivity contribution in [1.29, 1.82) is 0 Å².